The number of hydrogen-bond donors (Lipinski definition) is 1. The number of para-hydroxylation sites is 1. The first-order chi connectivity index (χ1) is 12.9. The van der Waals surface area contributed by atoms with E-state index in [1.165, 1.54) is 13.2 Å². The average Bonchev–Trinajstić information content (AvgIpc) is 2.68. The molecule has 2 aromatic carbocycles. The van der Waals surface area contributed by atoms with Crippen LogP contribution >= 0.6 is 0 Å². The Labute approximate surface area is 157 Å². The fourth-order valence-corrected chi connectivity index (χ4v) is 4.01. The van der Waals surface area contributed by atoms with Crippen LogP contribution in [-0.2, 0) is 24.3 Å². The Morgan fingerprint density at radius 1 is 1.07 bits per heavy atom. The molecule has 3 rings (SSSR count). The molecule has 140 valence electrons. The zero-order valence-electron chi connectivity index (χ0n) is 14.6. The van der Waals surface area contributed by atoms with E-state index in [1.54, 1.807) is 42.5 Å². The molecular formula is C19H18N2O5S. The van der Waals surface area contributed by atoms with Gasteiger partial charge in [-0.1, -0.05) is 42.5 Å². The standard InChI is InChI=1S/C19H18N2O5S/c1-26-19(23)14(13-7-3-2-4-8-13)11-12-16(22)18-20-15-9-5-6-10-17(15)27(24,25)21-18/h2-10,14H,11-12H2,1H3,(H,20,21). The number of nitrogens with zero attached hydrogens (tertiary/aromatic N) is 1. The SMILES string of the molecule is COC(=O)C(CCC(=O)C1=NS(=O)(=O)c2ccccc2N1)c1ccccc1. The maximum absolute atomic E-state index is 12.5. The molecule has 0 fully saturated rings. The van der Waals surface area contributed by atoms with Gasteiger partial charge in [-0.3, -0.25) is 9.59 Å². The van der Waals surface area contributed by atoms with E-state index in [1.807, 2.05) is 6.07 Å². The first-order valence-corrected chi connectivity index (χ1v) is 9.73. The molecule has 7 nitrogen and oxygen atoms in total. The van der Waals surface area contributed by atoms with Crippen LogP contribution in [0.15, 0.2) is 63.9 Å². The summed E-state index contributed by atoms with van der Waals surface area (Å²) in [5.41, 5.74) is 1.04. The van der Waals surface area contributed by atoms with Crippen molar-refractivity contribution in [3.8, 4) is 0 Å². The maximum Gasteiger partial charge on any atom is 0.313 e. The van der Waals surface area contributed by atoms with E-state index in [4.69, 9.17) is 4.74 Å². The van der Waals surface area contributed by atoms with Crippen LogP contribution in [0.2, 0.25) is 0 Å². The van der Waals surface area contributed by atoms with Gasteiger partial charge in [-0.05, 0) is 24.1 Å². The third-order valence-electron chi connectivity index (χ3n) is 4.24. The number of ketones is 1. The van der Waals surface area contributed by atoms with Crippen LogP contribution in [0.5, 0.6) is 0 Å². The number of sulfonamides is 1. The van der Waals surface area contributed by atoms with Gasteiger partial charge in [0.15, 0.2) is 11.6 Å². The lowest BCUT2D eigenvalue weighted by atomic mass is 9.93. The normalized spacial score (nSPS) is 15.7. The van der Waals surface area contributed by atoms with Crippen molar-refractivity contribution >= 4 is 33.3 Å². The lowest BCUT2D eigenvalue weighted by Gasteiger charge is -2.18. The van der Waals surface area contributed by atoms with Gasteiger partial charge in [-0.25, -0.2) is 0 Å². The van der Waals surface area contributed by atoms with Gasteiger partial charge in [0.05, 0.1) is 18.7 Å². The fourth-order valence-electron chi connectivity index (χ4n) is 2.88. The molecule has 8 heteroatoms. The Balaban J connectivity index is 1.77. The number of carbonyl (C=O) groups is 2. The molecule has 0 saturated heterocycles. The highest BCUT2D eigenvalue weighted by Gasteiger charge is 2.29. The molecule has 0 radical (unpaired) electrons. The Bertz CT molecular complexity index is 1000. The third kappa shape index (κ3) is 4.06. The zero-order valence-corrected chi connectivity index (χ0v) is 15.4. The third-order valence-corrected chi connectivity index (χ3v) is 5.58. The van der Waals surface area contributed by atoms with Crippen molar-refractivity contribution in [1.82, 2.24) is 0 Å². The molecule has 1 N–H and O–H groups in total. The summed E-state index contributed by atoms with van der Waals surface area (Å²) < 4.78 is 32.9. The molecule has 1 unspecified atom stereocenters. The molecule has 2 aromatic rings. The number of hydrogen-bond acceptors (Lipinski definition) is 6. The van der Waals surface area contributed by atoms with E-state index in [2.05, 4.69) is 9.71 Å². The molecule has 0 saturated carbocycles. The summed E-state index contributed by atoms with van der Waals surface area (Å²) in [5, 5.41) is 2.76. The molecule has 0 aromatic heterocycles. The highest BCUT2D eigenvalue weighted by atomic mass is 32.2. The number of fused-ring (bicyclic) bond motifs is 1. The van der Waals surface area contributed by atoms with Crippen LogP contribution in [-0.4, -0.2) is 33.1 Å². The molecule has 1 heterocycles. The van der Waals surface area contributed by atoms with Gasteiger partial charge in [0, 0.05) is 6.42 Å². The summed E-state index contributed by atoms with van der Waals surface area (Å²) in [6.45, 7) is 0. The Hall–Kier alpha value is -3.00. The fraction of sp³-hybridized carbons (Fsp3) is 0.211. The molecule has 0 spiro atoms. The van der Waals surface area contributed by atoms with Gasteiger partial charge in [0.2, 0.25) is 0 Å². The molecule has 0 amide bonds. The second-order valence-electron chi connectivity index (χ2n) is 5.98. The van der Waals surface area contributed by atoms with Crippen molar-refractivity contribution < 1.29 is 22.7 Å². The number of methoxy groups -OCH3 is 1. The summed E-state index contributed by atoms with van der Waals surface area (Å²) in [6.07, 6.45) is 0.121. The Kier molecular flexibility index (Phi) is 5.36. The van der Waals surface area contributed by atoms with Crippen molar-refractivity contribution in [3.05, 3.63) is 60.2 Å². The Morgan fingerprint density at radius 2 is 1.74 bits per heavy atom. The largest absolute Gasteiger partial charge is 0.469 e. The molecule has 27 heavy (non-hydrogen) atoms. The molecule has 1 aliphatic heterocycles. The number of amidine groups is 1. The van der Waals surface area contributed by atoms with Crippen LogP contribution in [0.4, 0.5) is 5.69 Å². The monoisotopic (exact) mass is 386 g/mol. The van der Waals surface area contributed by atoms with Gasteiger partial charge in [0.25, 0.3) is 10.0 Å². The number of esters is 1. The highest BCUT2D eigenvalue weighted by molar-refractivity contribution is 7.90. The topological polar surface area (TPSA) is 102 Å². The minimum Gasteiger partial charge on any atom is -0.469 e. The molecule has 0 aliphatic carbocycles. The minimum absolute atomic E-state index is 0.0262. The van der Waals surface area contributed by atoms with Crippen LogP contribution in [0.3, 0.4) is 0 Å². The van der Waals surface area contributed by atoms with E-state index in [0.29, 0.717) is 5.69 Å². The molecule has 1 aliphatic rings. The number of anilines is 1. The second-order valence-corrected chi connectivity index (χ2v) is 7.56. The number of carbonyl (C=O) groups excluding carboxylic acids is 2. The summed E-state index contributed by atoms with van der Waals surface area (Å²) in [5.74, 6) is -1.80. The zero-order chi connectivity index (χ0) is 19.4. The predicted molar refractivity (Wildman–Crippen MR) is 100 cm³/mol. The summed E-state index contributed by atoms with van der Waals surface area (Å²) >= 11 is 0. The van der Waals surface area contributed by atoms with Gasteiger partial charge in [-0.2, -0.15) is 8.42 Å². The van der Waals surface area contributed by atoms with Crippen LogP contribution < -0.4 is 5.32 Å². The van der Waals surface area contributed by atoms with Crippen LogP contribution in [0.1, 0.15) is 24.3 Å². The minimum atomic E-state index is -3.93. The van der Waals surface area contributed by atoms with Crippen molar-refractivity contribution in [3.63, 3.8) is 0 Å². The summed E-state index contributed by atoms with van der Waals surface area (Å²) in [6, 6.07) is 15.2. The van der Waals surface area contributed by atoms with Crippen molar-refractivity contribution in [2.24, 2.45) is 4.40 Å². The average molecular weight is 386 g/mol. The second kappa shape index (κ2) is 7.71. The first kappa shape index (κ1) is 18.8. The van der Waals surface area contributed by atoms with Gasteiger partial charge >= 0.3 is 5.97 Å². The van der Waals surface area contributed by atoms with E-state index >= 15 is 0 Å². The van der Waals surface area contributed by atoms with Crippen LogP contribution in [0, 0.1) is 0 Å². The van der Waals surface area contributed by atoms with Gasteiger partial charge in [-0.15, -0.1) is 4.40 Å². The quantitative estimate of drug-likeness (QED) is 0.766. The van der Waals surface area contributed by atoms with Crippen molar-refractivity contribution in [2.45, 2.75) is 23.7 Å². The summed E-state index contributed by atoms with van der Waals surface area (Å²) in [7, 11) is -2.65. The number of ether oxygens (including phenoxy) is 1. The maximum atomic E-state index is 12.5. The lowest BCUT2D eigenvalue weighted by molar-refractivity contribution is -0.142. The highest BCUT2D eigenvalue weighted by Crippen LogP contribution is 2.28. The molecule has 0 bridgehead atoms. The van der Waals surface area contributed by atoms with Gasteiger partial charge in [0.1, 0.15) is 4.90 Å². The number of Topliss-reactive ketones (excluding diaryl/α,β-unsaturated/α-hetero) is 1. The first-order valence-electron chi connectivity index (χ1n) is 8.29. The van der Waals surface area contributed by atoms with E-state index < -0.39 is 27.7 Å². The predicted octanol–water partition coefficient (Wildman–Crippen LogP) is 2.51. The number of benzene rings is 2. The number of rotatable bonds is 6. The molecular weight excluding hydrogens is 368 g/mol. The van der Waals surface area contributed by atoms with Crippen LogP contribution in [0.25, 0.3) is 0 Å². The van der Waals surface area contributed by atoms with E-state index in [0.717, 1.165) is 5.56 Å². The smallest absolute Gasteiger partial charge is 0.313 e. The summed E-state index contributed by atoms with van der Waals surface area (Å²) in [4.78, 5) is 24.7. The lowest BCUT2D eigenvalue weighted by Crippen LogP contribution is -2.29. The molecule has 1 atom stereocenters. The number of nitrogens with one attached hydrogen (secondary N) is 1. The van der Waals surface area contributed by atoms with Crippen molar-refractivity contribution in [1.29, 1.82) is 0 Å². The van der Waals surface area contributed by atoms with Gasteiger partial charge < -0.3 is 10.1 Å². The Morgan fingerprint density at radius 3 is 2.44 bits per heavy atom. The van der Waals surface area contributed by atoms with E-state index in [-0.39, 0.29) is 23.6 Å². The van der Waals surface area contributed by atoms with Crippen molar-refractivity contribution in [2.75, 3.05) is 12.4 Å². The van der Waals surface area contributed by atoms with E-state index in [9.17, 15) is 18.0 Å².